The van der Waals surface area contributed by atoms with Gasteiger partial charge in [0.1, 0.15) is 11.5 Å². The number of benzene rings is 1. The maximum absolute atomic E-state index is 13.2. The molecular weight excluding hydrogens is 279 g/mol. The minimum Gasteiger partial charge on any atom is -0.274 e. The lowest BCUT2D eigenvalue weighted by Crippen LogP contribution is -2.13. The first-order valence-corrected chi connectivity index (χ1v) is 6.68. The van der Waals surface area contributed by atoms with E-state index in [4.69, 9.17) is 11.6 Å². The largest absolute Gasteiger partial charge is 0.274 e. The van der Waals surface area contributed by atoms with Gasteiger partial charge in [0.25, 0.3) is 5.24 Å². The predicted octanol–water partition coefficient (Wildman–Crippen LogP) is 3.75. The molecule has 20 heavy (non-hydrogen) atoms. The number of halogens is 2. The number of carbonyl (C=O) groups excluding carboxylic acids is 1. The van der Waals surface area contributed by atoms with Crippen LogP contribution in [0.4, 0.5) is 4.39 Å². The van der Waals surface area contributed by atoms with Crippen LogP contribution >= 0.6 is 11.6 Å². The van der Waals surface area contributed by atoms with Crippen LogP contribution in [0.15, 0.2) is 30.3 Å². The molecule has 0 atom stereocenters. The van der Waals surface area contributed by atoms with Crippen molar-refractivity contribution in [1.29, 1.82) is 0 Å². The second kappa shape index (κ2) is 5.37. The Kier molecular flexibility index (Phi) is 3.95. The van der Waals surface area contributed by atoms with Gasteiger partial charge < -0.3 is 0 Å². The van der Waals surface area contributed by atoms with E-state index in [0.717, 1.165) is 11.3 Å². The molecule has 5 heteroatoms. The number of nitrogens with zero attached hydrogens (tertiary/aromatic N) is 2. The van der Waals surface area contributed by atoms with E-state index in [1.54, 1.807) is 18.2 Å². The van der Waals surface area contributed by atoms with Crippen LogP contribution in [-0.4, -0.2) is 15.0 Å². The molecule has 106 valence electrons. The first-order chi connectivity index (χ1) is 9.27. The summed E-state index contributed by atoms with van der Waals surface area (Å²) in [5.41, 5.74) is 1.64. The van der Waals surface area contributed by atoms with Gasteiger partial charge in [0, 0.05) is 5.41 Å². The molecular formula is C15H16ClFN2O. The standard InChI is InChI=1S/C15H16ClFN2O/c1-15(2,3)13-8-12(14(16)20)19(18-13)9-10-5-4-6-11(17)7-10/h4-8H,9H2,1-3H3. The van der Waals surface area contributed by atoms with E-state index < -0.39 is 5.24 Å². The van der Waals surface area contributed by atoms with Crippen LogP contribution < -0.4 is 0 Å². The van der Waals surface area contributed by atoms with Crippen LogP contribution in [0.2, 0.25) is 0 Å². The Morgan fingerprint density at radius 3 is 2.60 bits per heavy atom. The van der Waals surface area contributed by atoms with Crippen molar-refractivity contribution in [1.82, 2.24) is 9.78 Å². The minimum absolute atomic E-state index is 0.186. The van der Waals surface area contributed by atoms with Crippen molar-refractivity contribution in [3.05, 3.63) is 53.1 Å². The highest BCUT2D eigenvalue weighted by Crippen LogP contribution is 2.23. The Balaban J connectivity index is 2.40. The van der Waals surface area contributed by atoms with Crippen LogP contribution in [0.3, 0.4) is 0 Å². The zero-order chi connectivity index (χ0) is 14.9. The summed E-state index contributed by atoms with van der Waals surface area (Å²) >= 11 is 5.60. The van der Waals surface area contributed by atoms with E-state index >= 15 is 0 Å². The van der Waals surface area contributed by atoms with E-state index in [9.17, 15) is 9.18 Å². The fraction of sp³-hybridized carbons (Fsp3) is 0.333. The van der Waals surface area contributed by atoms with E-state index in [2.05, 4.69) is 5.10 Å². The van der Waals surface area contributed by atoms with Gasteiger partial charge in [0.05, 0.1) is 12.2 Å². The average molecular weight is 295 g/mol. The lowest BCUT2D eigenvalue weighted by molar-refractivity contribution is 0.107. The number of carbonyl (C=O) groups is 1. The summed E-state index contributed by atoms with van der Waals surface area (Å²) in [6.45, 7) is 6.32. The van der Waals surface area contributed by atoms with Crippen molar-refractivity contribution in [2.45, 2.75) is 32.7 Å². The summed E-state index contributed by atoms with van der Waals surface area (Å²) in [5, 5.41) is 3.85. The fourth-order valence-electron chi connectivity index (χ4n) is 1.87. The number of aromatic nitrogens is 2. The first-order valence-electron chi connectivity index (χ1n) is 6.30. The average Bonchev–Trinajstić information content (AvgIpc) is 2.72. The maximum Gasteiger partial charge on any atom is 0.270 e. The van der Waals surface area contributed by atoms with Gasteiger partial charge in [-0.2, -0.15) is 5.10 Å². The molecule has 0 saturated carbocycles. The lowest BCUT2D eigenvalue weighted by Gasteiger charge is -2.14. The smallest absolute Gasteiger partial charge is 0.270 e. The molecule has 0 aliphatic rings. The predicted molar refractivity (Wildman–Crippen MR) is 76.6 cm³/mol. The van der Waals surface area contributed by atoms with Crippen LogP contribution in [-0.2, 0) is 12.0 Å². The summed E-state index contributed by atoms with van der Waals surface area (Å²) in [4.78, 5) is 11.5. The Morgan fingerprint density at radius 2 is 2.05 bits per heavy atom. The van der Waals surface area contributed by atoms with Crippen molar-refractivity contribution in [3.63, 3.8) is 0 Å². The fourth-order valence-corrected chi connectivity index (χ4v) is 2.02. The SMILES string of the molecule is CC(C)(C)c1cc(C(=O)Cl)n(Cc2cccc(F)c2)n1. The Bertz CT molecular complexity index is 644. The van der Waals surface area contributed by atoms with Crippen LogP contribution in [0.1, 0.15) is 42.5 Å². The summed E-state index contributed by atoms with van der Waals surface area (Å²) in [6, 6.07) is 7.89. The molecule has 1 aromatic carbocycles. The Labute approximate surface area is 122 Å². The Hall–Kier alpha value is -1.68. The van der Waals surface area contributed by atoms with Crippen LogP contribution in [0.25, 0.3) is 0 Å². The quantitative estimate of drug-likeness (QED) is 0.808. The highest BCUT2D eigenvalue weighted by Gasteiger charge is 2.22. The second-order valence-corrected chi connectivity index (χ2v) is 6.07. The topological polar surface area (TPSA) is 34.9 Å². The highest BCUT2D eigenvalue weighted by molar-refractivity contribution is 6.67. The molecule has 0 fully saturated rings. The molecule has 0 spiro atoms. The zero-order valence-electron chi connectivity index (χ0n) is 11.7. The molecule has 0 N–H and O–H groups in total. The van der Waals surface area contributed by atoms with Crippen molar-refractivity contribution in [2.75, 3.05) is 0 Å². The Morgan fingerprint density at radius 1 is 1.35 bits per heavy atom. The molecule has 0 radical (unpaired) electrons. The van der Waals surface area contributed by atoms with Gasteiger partial charge in [-0.15, -0.1) is 0 Å². The normalized spacial score (nSPS) is 11.7. The van der Waals surface area contributed by atoms with E-state index in [0.29, 0.717) is 12.2 Å². The molecule has 1 aromatic heterocycles. The van der Waals surface area contributed by atoms with Gasteiger partial charge >= 0.3 is 0 Å². The summed E-state index contributed by atoms with van der Waals surface area (Å²) in [5.74, 6) is -0.315. The zero-order valence-corrected chi connectivity index (χ0v) is 12.4. The molecule has 0 saturated heterocycles. The van der Waals surface area contributed by atoms with Crippen molar-refractivity contribution in [3.8, 4) is 0 Å². The molecule has 1 heterocycles. The minimum atomic E-state index is -0.565. The number of hydrogen-bond donors (Lipinski definition) is 0. The molecule has 3 nitrogen and oxygen atoms in total. The van der Waals surface area contributed by atoms with Crippen molar-refractivity contribution in [2.24, 2.45) is 0 Å². The molecule has 0 bridgehead atoms. The lowest BCUT2D eigenvalue weighted by atomic mass is 9.92. The van der Waals surface area contributed by atoms with E-state index in [1.807, 2.05) is 20.8 Å². The van der Waals surface area contributed by atoms with Gasteiger partial charge in [0.15, 0.2) is 0 Å². The van der Waals surface area contributed by atoms with Gasteiger partial charge in [-0.05, 0) is 35.4 Å². The van der Waals surface area contributed by atoms with Gasteiger partial charge in [-0.1, -0.05) is 32.9 Å². The van der Waals surface area contributed by atoms with Crippen molar-refractivity contribution >= 4 is 16.8 Å². The van der Waals surface area contributed by atoms with E-state index in [1.165, 1.54) is 16.8 Å². The molecule has 0 amide bonds. The summed E-state index contributed by atoms with van der Waals surface area (Å²) in [6.07, 6.45) is 0. The summed E-state index contributed by atoms with van der Waals surface area (Å²) in [7, 11) is 0. The van der Waals surface area contributed by atoms with Crippen LogP contribution in [0.5, 0.6) is 0 Å². The third-order valence-electron chi connectivity index (χ3n) is 2.97. The summed E-state index contributed by atoms with van der Waals surface area (Å²) < 4.78 is 14.7. The molecule has 0 aliphatic carbocycles. The third-order valence-corrected chi connectivity index (χ3v) is 3.16. The molecule has 2 aromatic rings. The van der Waals surface area contributed by atoms with E-state index in [-0.39, 0.29) is 11.2 Å². The number of rotatable bonds is 3. The van der Waals surface area contributed by atoms with Crippen molar-refractivity contribution < 1.29 is 9.18 Å². The second-order valence-electron chi connectivity index (χ2n) is 5.73. The highest BCUT2D eigenvalue weighted by atomic mass is 35.5. The van der Waals surface area contributed by atoms with Gasteiger partial charge in [-0.3, -0.25) is 9.48 Å². The number of hydrogen-bond acceptors (Lipinski definition) is 2. The third kappa shape index (κ3) is 3.25. The van der Waals surface area contributed by atoms with Gasteiger partial charge in [-0.25, -0.2) is 4.39 Å². The molecule has 0 unspecified atom stereocenters. The first kappa shape index (κ1) is 14.7. The maximum atomic E-state index is 13.2. The van der Waals surface area contributed by atoms with Crippen LogP contribution in [0, 0.1) is 5.82 Å². The monoisotopic (exact) mass is 294 g/mol. The molecule has 0 aliphatic heterocycles. The molecule has 2 rings (SSSR count). The van der Waals surface area contributed by atoms with Gasteiger partial charge in [0.2, 0.25) is 0 Å².